The van der Waals surface area contributed by atoms with Crippen LogP contribution in [0.5, 0.6) is 0 Å². The van der Waals surface area contributed by atoms with Crippen LogP contribution in [0.4, 0.5) is 5.69 Å². The number of aryl methyl sites for hydroxylation is 1. The summed E-state index contributed by atoms with van der Waals surface area (Å²) < 4.78 is 0. The first kappa shape index (κ1) is 10.6. The molecule has 3 heteroatoms. The standard InChI is InChI=1S/C12H15NOS/c1-9(14)2-3-10-4-5-11-12(8-10)15-7-6-13-11/h4-5,8,13H,2-3,6-7H2,1H3. The summed E-state index contributed by atoms with van der Waals surface area (Å²) in [6.07, 6.45) is 1.51. The Morgan fingerprint density at radius 1 is 1.53 bits per heavy atom. The van der Waals surface area contributed by atoms with Crippen LogP contribution in [0.25, 0.3) is 0 Å². The summed E-state index contributed by atoms with van der Waals surface area (Å²) in [5.41, 5.74) is 2.50. The highest BCUT2D eigenvalue weighted by molar-refractivity contribution is 7.99. The number of Topliss-reactive ketones (excluding diaryl/α,β-unsaturated/α-hetero) is 1. The second-order valence-corrected chi connectivity index (χ2v) is 4.94. The van der Waals surface area contributed by atoms with Crippen LogP contribution in [0.15, 0.2) is 23.1 Å². The van der Waals surface area contributed by atoms with Gasteiger partial charge >= 0.3 is 0 Å². The number of fused-ring (bicyclic) bond motifs is 1. The molecular formula is C12H15NOS. The Morgan fingerprint density at radius 2 is 2.40 bits per heavy atom. The predicted octanol–water partition coefficient (Wildman–Crippen LogP) is 2.73. The van der Waals surface area contributed by atoms with E-state index >= 15 is 0 Å². The SMILES string of the molecule is CC(=O)CCc1ccc2c(c1)SCCN2. The zero-order valence-corrected chi connectivity index (χ0v) is 9.69. The van der Waals surface area contributed by atoms with Crippen molar-refractivity contribution in [1.82, 2.24) is 0 Å². The molecule has 80 valence electrons. The fourth-order valence-electron chi connectivity index (χ4n) is 1.65. The van der Waals surface area contributed by atoms with Crippen molar-refractivity contribution in [2.24, 2.45) is 0 Å². The second-order valence-electron chi connectivity index (χ2n) is 3.81. The number of ketones is 1. The number of benzene rings is 1. The first-order chi connectivity index (χ1) is 7.25. The van der Waals surface area contributed by atoms with E-state index in [1.807, 2.05) is 11.8 Å². The number of hydrogen-bond acceptors (Lipinski definition) is 3. The van der Waals surface area contributed by atoms with Crippen LogP contribution in [-0.4, -0.2) is 18.1 Å². The summed E-state index contributed by atoms with van der Waals surface area (Å²) in [6, 6.07) is 6.44. The van der Waals surface area contributed by atoms with Crippen molar-refractivity contribution >= 4 is 23.2 Å². The number of carbonyl (C=O) groups excluding carboxylic acids is 1. The highest BCUT2D eigenvalue weighted by Gasteiger charge is 2.09. The Morgan fingerprint density at radius 3 is 3.20 bits per heavy atom. The van der Waals surface area contributed by atoms with Crippen molar-refractivity contribution in [1.29, 1.82) is 0 Å². The minimum absolute atomic E-state index is 0.262. The molecule has 0 radical (unpaired) electrons. The Kier molecular flexibility index (Phi) is 3.31. The van der Waals surface area contributed by atoms with Gasteiger partial charge in [-0.15, -0.1) is 11.8 Å². The molecule has 0 amide bonds. The van der Waals surface area contributed by atoms with Crippen LogP contribution in [0.3, 0.4) is 0 Å². The summed E-state index contributed by atoms with van der Waals surface area (Å²) in [7, 11) is 0. The number of thioether (sulfide) groups is 1. The Labute approximate surface area is 94.4 Å². The van der Waals surface area contributed by atoms with E-state index in [1.165, 1.54) is 16.1 Å². The average molecular weight is 221 g/mol. The quantitative estimate of drug-likeness (QED) is 0.851. The van der Waals surface area contributed by atoms with E-state index in [9.17, 15) is 4.79 Å². The van der Waals surface area contributed by atoms with E-state index in [2.05, 4.69) is 23.5 Å². The molecule has 15 heavy (non-hydrogen) atoms. The van der Waals surface area contributed by atoms with E-state index in [-0.39, 0.29) is 5.78 Å². The van der Waals surface area contributed by atoms with Crippen LogP contribution in [0.2, 0.25) is 0 Å². The molecule has 0 atom stereocenters. The van der Waals surface area contributed by atoms with Crippen molar-refractivity contribution in [2.75, 3.05) is 17.6 Å². The fourth-order valence-corrected chi connectivity index (χ4v) is 2.61. The molecule has 2 nitrogen and oxygen atoms in total. The van der Waals surface area contributed by atoms with E-state index in [0.29, 0.717) is 6.42 Å². The lowest BCUT2D eigenvalue weighted by atomic mass is 10.1. The number of carbonyl (C=O) groups is 1. The van der Waals surface area contributed by atoms with Crippen molar-refractivity contribution in [3.8, 4) is 0 Å². The first-order valence-electron chi connectivity index (χ1n) is 5.25. The van der Waals surface area contributed by atoms with Gasteiger partial charge in [-0.25, -0.2) is 0 Å². The lowest BCUT2D eigenvalue weighted by Gasteiger charge is -2.17. The fraction of sp³-hybridized carbons (Fsp3) is 0.417. The molecule has 0 aromatic heterocycles. The Balaban J connectivity index is 2.10. The van der Waals surface area contributed by atoms with Crippen LogP contribution in [0.1, 0.15) is 18.9 Å². The smallest absolute Gasteiger partial charge is 0.130 e. The van der Waals surface area contributed by atoms with Gasteiger partial charge < -0.3 is 10.1 Å². The normalized spacial score (nSPS) is 14.2. The molecule has 0 saturated heterocycles. The molecule has 2 rings (SSSR count). The molecule has 0 saturated carbocycles. The van der Waals surface area contributed by atoms with Gasteiger partial charge in [0.25, 0.3) is 0 Å². The highest BCUT2D eigenvalue weighted by Crippen LogP contribution is 2.31. The zero-order valence-electron chi connectivity index (χ0n) is 8.88. The summed E-state index contributed by atoms with van der Waals surface area (Å²) >= 11 is 1.89. The maximum atomic E-state index is 10.9. The number of rotatable bonds is 3. The van der Waals surface area contributed by atoms with Crippen LogP contribution in [0, 0.1) is 0 Å². The van der Waals surface area contributed by atoms with Gasteiger partial charge in [-0.3, -0.25) is 0 Å². The second kappa shape index (κ2) is 4.71. The van der Waals surface area contributed by atoms with Crippen molar-refractivity contribution in [3.63, 3.8) is 0 Å². The van der Waals surface area contributed by atoms with Gasteiger partial charge in [0.2, 0.25) is 0 Å². The molecule has 1 aromatic rings. The molecule has 0 fully saturated rings. The largest absolute Gasteiger partial charge is 0.383 e. The molecule has 0 aliphatic carbocycles. The number of anilines is 1. The summed E-state index contributed by atoms with van der Waals surface area (Å²) in [4.78, 5) is 12.2. The van der Waals surface area contributed by atoms with Crippen LogP contribution in [-0.2, 0) is 11.2 Å². The maximum Gasteiger partial charge on any atom is 0.130 e. The molecule has 0 unspecified atom stereocenters. The molecule has 1 aliphatic heterocycles. The molecular weight excluding hydrogens is 206 g/mol. The third kappa shape index (κ3) is 2.75. The van der Waals surface area contributed by atoms with Crippen molar-refractivity contribution in [3.05, 3.63) is 23.8 Å². The lowest BCUT2D eigenvalue weighted by molar-refractivity contribution is -0.116. The van der Waals surface area contributed by atoms with E-state index < -0.39 is 0 Å². The summed E-state index contributed by atoms with van der Waals surface area (Å²) in [5, 5.41) is 3.37. The zero-order chi connectivity index (χ0) is 10.7. The molecule has 1 aromatic carbocycles. The van der Waals surface area contributed by atoms with Gasteiger partial charge in [0.1, 0.15) is 5.78 Å². The molecule has 0 bridgehead atoms. The van der Waals surface area contributed by atoms with Gasteiger partial charge in [0, 0.05) is 29.3 Å². The van der Waals surface area contributed by atoms with Gasteiger partial charge in [-0.1, -0.05) is 6.07 Å². The van der Waals surface area contributed by atoms with Crippen LogP contribution >= 0.6 is 11.8 Å². The third-order valence-electron chi connectivity index (χ3n) is 2.49. The maximum absolute atomic E-state index is 10.9. The number of nitrogens with one attached hydrogen (secondary N) is 1. The minimum atomic E-state index is 0.262. The van der Waals surface area contributed by atoms with E-state index in [0.717, 1.165) is 18.7 Å². The Bertz CT molecular complexity index is 376. The topological polar surface area (TPSA) is 29.1 Å². The van der Waals surface area contributed by atoms with Crippen molar-refractivity contribution < 1.29 is 4.79 Å². The van der Waals surface area contributed by atoms with Gasteiger partial charge in [-0.2, -0.15) is 0 Å². The van der Waals surface area contributed by atoms with E-state index in [1.54, 1.807) is 6.92 Å². The van der Waals surface area contributed by atoms with Crippen molar-refractivity contribution in [2.45, 2.75) is 24.7 Å². The molecule has 1 N–H and O–H groups in total. The van der Waals surface area contributed by atoms with Gasteiger partial charge in [-0.05, 0) is 31.0 Å². The highest BCUT2D eigenvalue weighted by atomic mass is 32.2. The van der Waals surface area contributed by atoms with Crippen LogP contribution < -0.4 is 5.32 Å². The molecule has 1 aliphatic rings. The van der Waals surface area contributed by atoms with E-state index in [4.69, 9.17) is 0 Å². The summed E-state index contributed by atoms with van der Waals surface area (Å²) in [5.74, 6) is 1.39. The number of hydrogen-bond donors (Lipinski definition) is 1. The average Bonchev–Trinajstić information content (AvgIpc) is 2.26. The predicted molar refractivity (Wildman–Crippen MR) is 64.7 cm³/mol. The third-order valence-corrected chi connectivity index (χ3v) is 3.54. The molecule has 1 heterocycles. The van der Waals surface area contributed by atoms with Gasteiger partial charge in [0.05, 0.1) is 0 Å². The summed E-state index contributed by atoms with van der Waals surface area (Å²) in [6.45, 7) is 2.69. The monoisotopic (exact) mass is 221 g/mol. The Hall–Kier alpha value is -0.960. The first-order valence-corrected chi connectivity index (χ1v) is 6.23. The minimum Gasteiger partial charge on any atom is -0.383 e. The lowest BCUT2D eigenvalue weighted by Crippen LogP contribution is -2.10. The molecule has 0 spiro atoms. The van der Waals surface area contributed by atoms with Gasteiger partial charge in [0.15, 0.2) is 0 Å².